The first kappa shape index (κ1) is 14.6. The summed E-state index contributed by atoms with van der Waals surface area (Å²) >= 11 is 0. The molecule has 1 amide bonds. The molecule has 0 aromatic rings. The summed E-state index contributed by atoms with van der Waals surface area (Å²) in [4.78, 5) is 11.8. The van der Waals surface area contributed by atoms with Gasteiger partial charge in [-0.3, -0.25) is 0 Å². The zero-order valence-electron chi connectivity index (χ0n) is 12.0. The van der Waals surface area contributed by atoms with E-state index in [4.69, 9.17) is 9.47 Å². The molecule has 2 aliphatic rings. The predicted molar refractivity (Wildman–Crippen MR) is 74.1 cm³/mol. The maximum absolute atomic E-state index is 11.8. The predicted octanol–water partition coefficient (Wildman–Crippen LogP) is 3.11. The molecule has 4 nitrogen and oxygen atoms in total. The van der Waals surface area contributed by atoms with Crippen LogP contribution in [0.2, 0.25) is 0 Å². The molecule has 0 unspecified atom stereocenters. The molecule has 1 aliphatic heterocycles. The van der Waals surface area contributed by atoms with Crippen molar-refractivity contribution >= 4 is 6.09 Å². The summed E-state index contributed by atoms with van der Waals surface area (Å²) in [5.41, 5.74) is 0. The highest BCUT2D eigenvalue weighted by atomic mass is 16.5. The number of hydrogen-bond acceptors (Lipinski definition) is 3. The molecular formula is C15H27NO3. The molecule has 19 heavy (non-hydrogen) atoms. The van der Waals surface area contributed by atoms with Gasteiger partial charge in [-0.2, -0.15) is 0 Å². The first-order valence-corrected chi connectivity index (χ1v) is 7.76. The van der Waals surface area contributed by atoms with E-state index in [1.807, 2.05) is 0 Å². The molecule has 1 saturated carbocycles. The summed E-state index contributed by atoms with van der Waals surface area (Å²) in [5, 5.41) is 2.97. The molecule has 0 radical (unpaired) electrons. The van der Waals surface area contributed by atoms with Crippen molar-refractivity contribution < 1.29 is 14.3 Å². The third-order valence-corrected chi connectivity index (χ3v) is 4.49. The molecule has 1 heterocycles. The van der Waals surface area contributed by atoms with E-state index in [0.29, 0.717) is 18.4 Å². The van der Waals surface area contributed by atoms with Crippen LogP contribution in [-0.2, 0) is 9.47 Å². The monoisotopic (exact) mass is 269 g/mol. The number of rotatable bonds is 4. The van der Waals surface area contributed by atoms with Crippen LogP contribution in [0.25, 0.3) is 0 Å². The van der Waals surface area contributed by atoms with Crippen LogP contribution in [-0.4, -0.2) is 32.0 Å². The van der Waals surface area contributed by atoms with Crippen LogP contribution in [0.1, 0.15) is 51.9 Å². The Balaban J connectivity index is 1.62. The van der Waals surface area contributed by atoms with Gasteiger partial charge in [-0.05, 0) is 44.4 Å². The first-order valence-electron chi connectivity index (χ1n) is 7.76. The molecule has 0 spiro atoms. The standard InChI is InChI=1S/C15H27NO3/c1-12(14-7-9-18-10-8-14)16-15(17)19-11-13-5-3-2-4-6-13/h12-14H,2-11H2,1H3,(H,16,17)/t12-/m1/s1. The van der Waals surface area contributed by atoms with Crippen LogP contribution in [0.3, 0.4) is 0 Å². The molecule has 0 aromatic heterocycles. The van der Waals surface area contributed by atoms with Crippen LogP contribution < -0.4 is 5.32 Å². The van der Waals surface area contributed by atoms with E-state index in [-0.39, 0.29) is 12.1 Å². The molecule has 0 aromatic carbocycles. The topological polar surface area (TPSA) is 47.6 Å². The van der Waals surface area contributed by atoms with E-state index in [2.05, 4.69) is 12.2 Å². The number of nitrogens with one attached hydrogen (secondary N) is 1. The summed E-state index contributed by atoms with van der Waals surface area (Å²) in [7, 11) is 0. The molecule has 2 fully saturated rings. The van der Waals surface area contributed by atoms with Crippen molar-refractivity contribution in [1.82, 2.24) is 5.32 Å². The van der Waals surface area contributed by atoms with Gasteiger partial charge in [0.1, 0.15) is 0 Å². The Morgan fingerprint density at radius 2 is 1.89 bits per heavy atom. The lowest BCUT2D eigenvalue weighted by molar-refractivity contribution is 0.0531. The molecular weight excluding hydrogens is 242 g/mol. The van der Waals surface area contributed by atoms with Crippen LogP contribution in [0.4, 0.5) is 4.79 Å². The van der Waals surface area contributed by atoms with Crippen LogP contribution in [0, 0.1) is 11.8 Å². The molecule has 2 rings (SSSR count). The van der Waals surface area contributed by atoms with Gasteiger partial charge in [-0.25, -0.2) is 4.79 Å². The number of ether oxygens (including phenoxy) is 2. The highest BCUT2D eigenvalue weighted by Crippen LogP contribution is 2.24. The molecule has 1 atom stereocenters. The Kier molecular flexibility index (Phi) is 5.95. The summed E-state index contributed by atoms with van der Waals surface area (Å²) < 4.78 is 10.7. The smallest absolute Gasteiger partial charge is 0.407 e. The van der Waals surface area contributed by atoms with Gasteiger partial charge in [-0.15, -0.1) is 0 Å². The summed E-state index contributed by atoms with van der Waals surface area (Å²) in [6.07, 6.45) is 8.15. The third kappa shape index (κ3) is 5.01. The van der Waals surface area contributed by atoms with Crippen molar-refractivity contribution in [3.8, 4) is 0 Å². The fraction of sp³-hybridized carbons (Fsp3) is 0.933. The fourth-order valence-electron chi connectivity index (χ4n) is 3.11. The van der Waals surface area contributed by atoms with Gasteiger partial charge in [0.15, 0.2) is 0 Å². The summed E-state index contributed by atoms with van der Waals surface area (Å²) in [6.45, 7) is 4.28. The number of amides is 1. The maximum atomic E-state index is 11.8. The Hall–Kier alpha value is -0.770. The van der Waals surface area contributed by atoms with Gasteiger partial charge < -0.3 is 14.8 Å². The quantitative estimate of drug-likeness (QED) is 0.853. The number of carbonyl (C=O) groups is 1. The lowest BCUT2D eigenvalue weighted by Crippen LogP contribution is -2.41. The molecule has 0 bridgehead atoms. The third-order valence-electron chi connectivity index (χ3n) is 4.49. The average Bonchev–Trinajstić information content (AvgIpc) is 2.47. The Bertz CT molecular complexity index is 271. The van der Waals surface area contributed by atoms with Crippen molar-refractivity contribution in [2.75, 3.05) is 19.8 Å². The van der Waals surface area contributed by atoms with Gasteiger partial charge >= 0.3 is 6.09 Å². The highest BCUT2D eigenvalue weighted by Gasteiger charge is 2.23. The molecule has 110 valence electrons. The van der Waals surface area contributed by atoms with Crippen molar-refractivity contribution in [3.63, 3.8) is 0 Å². The minimum absolute atomic E-state index is 0.183. The second-order valence-corrected chi connectivity index (χ2v) is 5.99. The lowest BCUT2D eigenvalue weighted by Gasteiger charge is -2.28. The minimum Gasteiger partial charge on any atom is -0.449 e. The first-order chi connectivity index (χ1) is 9.25. The van der Waals surface area contributed by atoms with Gasteiger partial charge in [0.05, 0.1) is 6.61 Å². The molecule has 1 N–H and O–H groups in total. The van der Waals surface area contributed by atoms with Crippen LogP contribution >= 0.6 is 0 Å². The number of hydrogen-bond donors (Lipinski definition) is 1. The largest absolute Gasteiger partial charge is 0.449 e. The Morgan fingerprint density at radius 3 is 2.58 bits per heavy atom. The number of carbonyl (C=O) groups excluding carboxylic acids is 1. The van der Waals surface area contributed by atoms with Crippen LogP contribution in [0.15, 0.2) is 0 Å². The van der Waals surface area contributed by atoms with E-state index in [0.717, 1.165) is 26.1 Å². The summed E-state index contributed by atoms with van der Waals surface area (Å²) in [6, 6.07) is 0.183. The zero-order valence-corrected chi connectivity index (χ0v) is 12.0. The second kappa shape index (κ2) is 7.73. The van der Waals surface area contributed by atoms with Crippen molar-refractivity contribution in [2.24, 2.45) is 11.8 Å². The Morgan fingerprint density at radius 1 is 1.21 bits per heavy atom. The van der Waals surface area contributed by atoms with E-state index >= 15 is 0 Å². The average molecular weight is 269 g/mol. The number of alkyl carbamates (subject to hydrolysis) is 1. The lowest BCUT2D eigenvalue weighted by atomic mass is 9.90. The zero-order chi connectivity index (χ0) is 13.5. The molecule has 4 heteroatoms. The van der Waals surface area contributed by atoms with Gasteiger partial charge in [-0.1, -0.05) is 19.3 Å². The van der Waals surface area contributed by atoms with Crippen LogP contribution in [0.5, 0.6) is 0 Å². The highest BCUT2D eigenvalue weighted by molar-refractivity contribution is 5.67. The van der Waals surface area contributed by atoms with Crippen molar-refractivity contribution in [3.05, 3.63) is 0 Å². The maximum Gasteiger partial charge on any atom is 0.407 e. The molecule has 1 saturated heterocycles. The minimum atomic E-state index is -0.246. The van der Waals surface area contributed by atoms with Crippen molar-refractivity contribution in [1.29, 1.82) is 0 Å². The second-order valence-electron chi connectivity index (χ2n) is 5.99. The van der Waals surface area contributed by atoms with E-state index in [1.54, 1.807) is 0 Å². The summed E-state index contributed by atoms with van der Waals surface area (Å²) in [5.74, 6) is 1.11. The normalized spacial score (nSPS) is 23.8. The Labute approximate surface area is 116 Å². The van der Waals surface area contributed by atoms with E-state index < -0.39 is 0 Å². The SMILES string of the molecule is C[C@@H](NC(=O)OCC1CCCCC1)C1CCOCC1. The van der Waals surface area contributed by atoms with Crippen molar-refractivity contribution in [2.45, 2.75) is 57.9 Å². The fourth-order valence-corrected chi connectivity index (χ4v) is 3.11. The molecule has 1 aliphatic carbocycles. The van der Waals surface area contributed by atoms with E-state index in [9.17, 15) is 4.79 Å². The van der Waals surface area contributed by atoms with Gasteiger partial charge in [0, 0.05) is 19.3 Å². The van der Waals surface area contributed by atoms with E-state index in [1.165, 1.54) is 32.1 Å². The van der Waals surface area contributed by atoms with Gasteiger partial charge in [0.2, 0.25) is 0 Å². The van der Waals surface area contributed by atoms with Gasteiger partial charge in [0.25, 0.3) is 0 Å².